The highest BCUT2D eigenvalue weighted by Crippen LogP contribution is 2.28. The lowest BCUT2D eigenvalue weighted by atomic mass is 9.87. The third-order valence-corrected chi connectivity index (χ3v) is 2.46. The molecule has 1 rings (SSSR count). The van der Waals surface area contributed by atoms with Crippen LogP contribution >= 0.6 is 0 Å². The highest BCUT2D eigenvalue weighted by atomic mass is 16.2. The molecule has 2 unspecified atom stereocenters. The molecule has 1 N–H and O–H groups in total. The Morgan fingerprint density at radius 2 is 2.45 bits per heavy atom. The molecule has 0 radical (unpaired) electrons. The third-order valence-electron chi connectivity index (χ3n) is 2.46. The van der Waals surface area contributed by atoms with Crippen molar-refractivity contribution in [1.29, 1.82) is 0 Å². The molecule has 0 saturated carbocycles. The maximum atomic E-state index is 11.3. The van der Waals surface area contributed by atoms with Crippen molar-refractivity contribution >= 4 is 12.1 Å². The molecule has 0 aliphatic carbocycles. The van der Waals surface area contributed by atoms with Crippen molar-refractivity contribution in [1.82, 2.24) is 5.32 Å². The predicted octanol–water partition coefficient (Wildman–Crippen LogP) is 0.602. The highest BCUT2D eigenvalue weighted by Gasteiger charge is 2.39. The van der Waals surface area contributed by atoms with Gasteiger partial charge in [-0.05, 0) is 19.3 Å². The molecule has 0 saturated heterocycles. The average Bonchev–Trinajstić information content (AvgIpc) is 2.32. The fourth-order valence-electron chi connectivity index (χ4n) is 1.29. The number of likely N-dealkylation sites (N-methyl/N-ethyl adjacent to an activating group) is 1. The van der Waals surface area contributed by atoms with E-state index in [9.17, 15) is 4.79 Å². The van der Waals surface area contributed by atoms with Gasteiger partial charge >= 0.3 is 0 Å². The Morgan fingerprint density at radius 1 is 1.82 bits per heavy atom. The van der Waals surface area contributed by atoms with Gasteiger partial charge in [0.1, 0.15) is 5.54 Å². The Morgan fingerprint density at radius 3 is 2.82 bits per heavy atom. The van der Waals surface area contributed by atoms with E-state index in [1.165, 1.54) is 0 Å². The smallest absolute Gasteiger partial charge is 0.247 e. The summed E-state index contributed by atoms with van der Waals surface area (Å²) in [6.07, 6.45) is 2.74. The first kappa shape index (κ1) is 8.24. The zero-order chi connectivity index (χ0) is 8.48. The van der Waals surface area contributed by atoms with E-state index in [2.05, 4.69) is 10.3 Å². The van der Waals surface area contributed by atoms with Gasteiger partial charge in [0.2, 0.25) is 5.91 Å². The summed E-state index contributed by atoms with van der Waals surface area (Å²) >= 11 is 0. The van der Waals surface area contributed by atoms with E-state index in [1.54, 1.807) is 7.05 Å². The van der Waals surface area contributed by atoms with Crippen molar-refractivity contribution < 1.29 is 4.79 Å². The number of hydrogen-bond acceptors (Lipinski definition) is 2. The molecule has 0 aromatic rings. The lowest BCUT2D eigenvalue weighted by Crippen LogP contribution is -2.44. The van der Waals surface area contributed by atoms with Gasteiger partial charge in [0, 0.05) is 13.3 Å². The van der Waals surface area contributed by atoms with Crippen LogP contribution in [0.3, 0.4) is 0 Å². The first-order chi connectivity index (χ1) is 5.11. The summed E-state index contributed by atoms with van der Waals surface area (Å²) in [7, 11) is 1.65. The standard InChI is InChI=1S/C8H14N2O/c1-6-4-5-10-8(6,2)7(11)9-3/h5-6H,4H2,1-3H3,(H,9,11). The van der Waals surface area contributed by atoms with Crippen molar-refractivity contribution in [2.45, 2.75) is 25.8 Å². The highest BCUT2D eigenvalue weighted by molar-refractivity contribution is 5.89. The maximum Gasteiger partial charge on any atom is 0.247 e. The average molecular weight is 154 g/mol. The second-order valence-electron chi connectivity index (χ2n) is 3.18. The van der Waals surface area contributed by atoms with E-state index >= 15 is 0 Å². The zero-order valence-electron chi connectivity index (χ0n) is 7.22. The number of carbonyl (C=O) groups is 1. The minimum Gasteiger partial charge on any atom is -0.357 e. The Bertz CT molecular complexity index is 200. The first-order valence-electron chi connectivity index (χ1n) is 3.87. The van der Waals surface area contributed by atoms with Crippen LogP contribution in [-0.4, -0.2) is 24.7 Å². The molecule has 3 nitrogen and oxygen atoms in total. The number of rotatable bonds is 1. The number of amides is 1. The van der Waals surface area contributed by atoms with Crippen molar-refractivity contribution in [3.63, 3.8) is 0 Å². The lowest BCUT2D eigenvalue weighted by molar-refractivity contribution is -0.126. The number of nitrogens with zero attached hydrogens (tertiary/aromatic N) is 1. The SMILES string of the molecule is CNC(=O)C1(C)N=CCC1C. The molecular formula is C8H14N2O. The van der Waals surface area contributed by atoms with E-state index < -0.39 is 5.54 Å². The Hall–Kier alpha value is -0.860. The van der Waals surface area contributed by atoms with Crippen LogP contribution in [0.25, 0.3) is 0 Å². The summed E-state index contributed by atoms with van der Waals surface area (Å²) in [6.45, 7) is 3.92. The molecular weight excluding hydrogens is 140 g/mol. The zero-order valence-corrected chi connectivity index (χ0v) is 7.22. The summed E-state index contributed by atoms with van der Waals surface area (Å²) in [4.78, 5) is 15.5. The third kappa shape index (κ3) is 1.15. The van der Waals surface area contributed by atoms with Gasteiger partial charge < -0.3 is 5.32 Å². The number of carbonyl (C=O) groups excluding carboxylic acids is 1. The predicted molar refractivity (Wildman–Crippen MR) is 44.7 cm³/mol. The minimum absolute atomic E-state index is 0.0127. The monoisotopic (exact) mass is 154 g/mol. The van der Waals surface area contributed by atoms with Crippen molar-refractivity contribution in [2.75, 3.05) is 7.05 Å². The maximum absolute atomic E-state index is 11.3. The van der Waals surface area contributed by atoms with Gasteiger partial charge in [-0.15, -0.1) is 0 Å². The van der Waals surface area contributed by atoms with Gasteiger partial charge in [-0.2, -0.15) is 0 Å². The van der Waals surface area contributed by atoms with Crippen LogP contribution in [0.15, 0.2) is 4.99 Å². The van der Waals surface area contributed by atoms with Crippen molar-refractivity contribution in [2.24, 2.45) is 10.9 Å². The van der Waals surface area contributed by atoms with Crippen LogP contribution in [0.5, 0.6) is 0 Å². The van der Waals surface area contributed by atoms with Crippen molar-refractivity contribution in [3.05, 3.63) is 0 Å². The molecule has 0 aromatic carbocycles. The van der Waals surface area contributed by atoms with Gasteiger partial charge in [-0.3, -0.25) is 9.79 Å². The topological polar surface area (TPSA) is 41.5 Å². The summed E-state index contributed by atoms with van der Waals surface area (Å²) in [5.74, 6) is 0.334. The lowest BCUT2D eigenvalue weighted by Gasteiger charge is -2.23. The van der Waals surface area contributed by atoms with Gasteiger partial charge in [0.15, 0.2) is 0 Å². The van der Waals surface area contributed by atoms with Gasteiger partial charge in [-0.25, -0.2) is 0 Å². The molecule has 1 heterocycles. The van der Waals surface area contributed by atoms with E-state index in [-0.39, 0.29) is 5.91 Å². The molecule has 0 aromatic heterocycles. The minimum atomic E-state index is -0.519. The van der Waals surface area contributed by atoms with E-state index in [4.69, 9.17) is 0 Å². The van der Waals surface area contributed by atoms with Crippen molar-refractivity contribution in [3.8, 4) is 0 Å². The van der Waals surface area contributed by atoms with Gasteiger partial charge in [0.25, 0.3) is 0 Å². The van der Waals surface area contributed by atoms with Crippen LogP contribution in [0, 0.1) is 5.92 Å². The number of nitrogens with one attached hydrogen (secondary N) is 1. The fraction of sp³-hybridized carbons (Fsp3) is 0.750. The van der Waals surface area contributed by atoms with Crippen LogP contribution in [-0.2, 0) is 4.79 Å². The second kappa shape index (κ2) is 2.64. The molecule has 1 aliphatic heterocycles. The molecule has 0 spiro atoms. The molecule has 62 valence electrons. The quantitative estimate of drug-likeness (QED) is 0.590. The molecule has 0 bridgehead atoms. The molecule has 3 heteroatoms. The van der Waals surface area contributed by atoms with Crippen LogP contribution in [0.4, 0.5) is 0 Å². The van der Waals surface area contributed by atoms with Gasteiger partial charge in [-0.1, -0.05) is 6.92 Å². The van der Waals surface area contributed by atoms with Crippen LogP contribution < -0.4 is 5.32 Å². The number of aliphatic imine (C=N–C) groups is 1. The Kier molecular flexibility index (Phi) is 1.98. The molecule has 1 aliphatic rings. The normalized spacial score (nSPS) is 35.7. The van der Waals surface area contributed by atoms with Gasteiger partial charge in [0.05, 0.1) is 0 Å². The summed E-state index contributed by atoms with van der Waals surface area (Å²) < 4.78 is 0. The van der Waals surface area contributed by atoms with E-state index in [1.807, 2.05) is 20.1 Å². The number of hydrogen-bond donors (Lipinski definition) is 1. The second-order valence-corrected chi connectivity index (χ2v) is 3.18. The Balaban J connectivity index is 2.80. The molecule has 1 amide bonds. The molecule has 2 atom stereocenters. The molecule has 11 heavy (non-hydrogen) atoms. The Labute approximate surface area is 66.9 Å². The van der Waals surface area contributed by atoms with Crippen LogP contribution in [0.1, 0.15) is 20.3 Å². The van der Waals surface area contributed by atoms with Crippen LogP contribution in [0.2, 0.25) is 0 Å². The summed E-state index contributed by atoms with van der Waals surface area (Å²) in [6, 6.07) is 0. The summed E-state index contributed by atoms with van der Waals surface area (Å²) in [5.41, 5.74) is -0.519. The summed E-state index contributed by atoms with van der Waals surface area (Å²) in [5, 5.41) is 2.63. The largest absolute Gasteiger partial charge is 0.357 e. The fourth-order valence-corrected chi connectivity index (χ4v) is 1.29. The molecule has 0 fully saturated rings. The van der Waals surface area contributed by atoms with E-state index in [0.29, 0.717) is 5.92 Å². The first-order valence-corrected chi connectivity index (χ1v) is 3.87. The van der Waals surface area contributed by atoms with E-state index in [0.717, 1.165) is 6.42 Å².